The van der Waals surface area contributed by atoms with Crippen LogP contribution in [0.5, 0.6) is 0 Å². The number of carbonyl (C=O) groups excluding carboxylic acids is 1. The van der Waals surface area contributed by atoms with Crippen molar-refractivity contribution in [3.05, 3.63) is 154 Å². The predicted molar refractivity (Wildman–Crippen MR) is 150 cm³/mol. The van der Waals surface area contributed by atoms with Gasteiger partial charge in [0.05, 0.1) is 0 Å². The van der Waals surface area contributed by atoms with Gasteiger partial charge in [0, 0.05) is 23.8 Å². The molecule has 5 heteroatoms. The molecule has 0 spiro atoms. The maximum Gasteiger partial charge on any atom is 0.245 e. The van der Waals surface area contributed by atoms with E-state index in [9.17, 15) is 4.79 Å². The second-order valence-electron chi connectivity index (χ2n) is 8.66. The Bertz CT molecular complexity index is 1190. The van der Waals surface area contributed by atoms with Crippen molar-refractivity contribution in [3.63, 3.8) is 0 Å². The first-order valence-corrected chi connectivity index (χ1v) is 12.7. The summed E-state index contributed by atoms with van der Waals surface area (Å²) >= 11 is 6.03. The number of ether oxygens (including phenoxy) is 1. The Hall–Kier alpha value is -3.86. The molecule has 0 atom stereocenters. The maximum absolute atomic E-state index is 12.2. The van der Waals surface area contributed by atoms with Crippen LogP contribution in [0.2, 0.25) is 5.02 Å². The fourth-order valence-corrected chi connectivity index (χ4v) is 4.50. The minimum absolute atomic E-state index is 0.168. The van der Waals surface area contributed by atoms with Crippen molar-refractivity contribution in [3.8, 4) is 0 Å². The van der Waals surface area contributed by atoms with Crippen molar-refractivity contribution in [1.82, 2.24) is 10.6 Å². The van der Waals surface area contributed by atoms with Gasteiger partial charge in [0.25, 0.3) is 0 Å². The number of rotatable bonds is 11. The van der Waals surface area contributed by atoms with Gasteiger partial charge in [-0.25, -0.2) is 0 Å². The van der Waals surface area contributed by atoms with Crippen LogP contribution >= 0.6 is 11.6 Å². The average Bonchev–Trinajstić information content (AvgIpc) is 2.96. The predicted octanol–water partition coefficient (Wildman–Crippen LogP) is 6.46. The minimum atomic E-state index is -0.842. The lowest BCUT2D eigenvalue weighted by Crippen LogP contribution is -2.36. The van der Waals surface area contributed by atoms with Crippen molar-refractivity contribution in [2.45, 2.75) is 18.4 Å². The standard InChI is InChI=1S/C32H31ClN2O2/c1-34-31(36)23-30(22-19-25-17-20-29(33)21-18-25)35-24-37-32(26-11-5-2-6-12-26,27-13-7-3-8-14-27)28-15-9-4-10-16-28/h2-18,20-21,23,35H,19,22,24H2,1H3,(H,34,36)/b30-23-. The third-order valence-electron chi connectivity index (χ3n) is 6.28. The lowest BCUT2D eigenvalue weighted by molar-refractivity contribution is -0.116. The summed E-state index contributed by atoms with van der Waals surface area (Å²) < 4.78 is 6.80. The molecule has 0 fully saturated rings. The van der Waals surface area contributed by atoms with Gasteiger partial charge < -0.3 is 15.4 Å². The Morgan fingerprint density at radius 3 is 1.73 bits per heavy atom. The van der Waals surface area contributed by atoms with E-state index in [1.807, 2.05) is 78.9 Å². The summed E-state index contributed by atoms with van der Waals surface area (Å²) in [4.78, 5) is 12.2. The molecule has 0 heterocycles. The third-order valence-corrected chi connectivity index (χ3v) is 6.53. The van der Waals surface area contributed by atoms with Crippen LogP contribution in [0, 0.1) is 0 Å². The zero-order valence-corrected chi connectivity index (χ0v) is 21.6. The van der Waals surface area contributed by atoms with E-state index in [1.165, 1.54) is 0 Å². The number of carbonyl (C=O) groups is 1. The van der Waals surface area contributed by atoms with Crippen LogP contribution in [0.25, 0.3) is 0 Å². The Labute approximate surface area is 224 Å². The fourth-order valence-electron chi connectivity index (χ4n) is 4.38. The van der Waals surface area contributed by atoms with Crippen LogP contribution in [-0.2, 0) is 21.6 Å². The first-order valence-electron chi connectivity index (χ1n) is 12.3. The van der Waals surface area contributed by atoms with E-state index in [0.717, 1.165) is 34.4 Å². The Morgan fingerprint density at radius 1 is 0.784 bits per heavy atom. The van der Waals surface area contributed by atoms with Gasteiger partial charge in [0.15, 0.2) is 0 Å². The second kappa shape index (κ2) is 12.9. The van der Waals surface area contributed by atoms with Gasteiger partial charge in [-0.15, -0.1) is 0 Å². The van der Waals surface area contributed by atoms with E-state index in [0.29, 0.717) is 11.4 Å². The van der Waals surface area contributed by atoms with Gasteiger partial charge in [-0.2, -0.15) is 0 Å². The molecular weight excluding hydrogens is 480 g/mol. The van der Waals surface area contributed by atoms with Crippen LogP contribution < -0.4 is 10.6 Å². The molecule has 0 aromatic heterocycles. The molecule has 0 saturated carbocycles. The SMILES string of the molecule is CNC(=O)/C=C(/CCc1ccc(Cl)cc1)NCOC(c1ccccc1)(c1ccccc1)c1ccccc1. The molecule has 0 aliphatic heterocycles. The summed E-state index contributed by atoms with van der Waals surface area (Å²) in [6.07, 6.45) is 3.00. The minimum Gasteiger partial charge on any atom is -0.366 e. The largest absolute Gasteiger partial charge is 0.366 e. The first-order chi connectivity index (χ1) is 18.1. The number of hydrogen-bond acceptors (Lipinski definition) is 3. The van der Waals surface area contributed by atoms with Crippen LogP contribution in [0.1, 0.15) is 28.7 Å². The Kier molecular flexibility index (Phi) is 9.14. The highest BCUT2D eigenvalue weighted by Gasteiger charge is 2.37. The molecule has 4 aromatic carbocycles. The van der Waals surface area contributed by atoms with Gasteiger partial charge in [0.1, 0.15) is 12.3 Å². The van der Waals surface area contributed by atoms with Gasteiger partial charge in [-0.05, 0) is 47.2 Å². The number of halogens is 1. The van der Waals surface area contributed by atoms with E-state index >= 15 is 0 Å². The van der Waals surface area contributed by atoms with E-state index in [-0.39, 0.29) is 12.6 Å². The summed E-state index contributed by atoms with van der Waals surface area (Å²) in [5.74, 6) is -0.168. The molecule has 0 saturated heterocycles. The number of benzene rings is 4. The molecule has 2 N–H and O–H groups in total. The molecule has 4 rings (SSSR count). The number of aryl methyl sites for hydroxylation is 1. The highest BCUT2D eigenvalue weighted by molar-refractivity contribution is 6.30. The van der Waals surface area contributed by atoms with Crippen molar-refractivity contribution >= 4 is 17.5 Å². The molecule has 37 heavy (non-hydrogen) atoms. The molecule has 4 aromatic rings. The van der Waals surface area contributed by atoms with E-state index in [1.54, 1.807) is 13.1 Å². The van der Waals surface area contributed by atoms with Gasteiger partial charge >= 0.3 is 0 Å². The molecule has 188 valence electrons. The highest BCUT2D eigenvalue weighted by atomic mass is 35.5. The summed E-state index contributed by atoms with van der Waals surface area (Å²) in [5, 5.41) is 6.76. The topological polar surface area (TPSA) is 50.4 Å². The summed E-state index contributed by atoms with van der Waals surface area (Å²) in [5.41, 5.74) is 4.15. The molecule has 4 nitrogen and oxygen atoms in total. The average molecular weight is 511 g/mol. The molecule has 1 amide bonds. The molecule has 0 unspecified atom stereocenters. The van der Waals surface area contributed by atoms with Crippen LogP contribution in [0.15, 0.2) is 127 Å². The number of hydrogen-bond donors (Lipinski definition) is 2. The lowest BCUT2D eigenvalue weighted by atomic mass is 9.80. The number of amides is 1. The van der Waals surface area contributed by atoms with Crippen molar-refractivity contribution in [1.29, 1.82) is 0 Å². The smallest absolute Gasteiger partial charge is 0.245 e. The van der Waals surface area contributed by atoms with Crippen molar-refractivity contribution < 1.29 is 9.53 Å². The van der Waals surface area contributed by atoms with Crippen LogP contribution in [0.4, 0.5) is 0 Å². The van der Waals surface area contributed by atoms with Gasteiger partial charge in [0.2, 0.25) is 5.91 Å². The molecular formula is C32H31ClN2O2. The zero-order chi connectivity index (χ0) is 25.9. The molecule has 0 aliphatic rings. The van der Waals surface area contributed by atoms with Crippen LogP contribution in [-0.4, -0.2) is 19.7 Å². The zero-order valence-electron chi connectivity index (χ0n) is 20.9. The van der Waals surface area contributed by atoms with Gasteiger partial charge in [-0.3, -0.25) is 4.79 Å². The lowest BCUT2D eigenvalue weighted by Gasteiger charge is -2.36. The summed E-state index contributed by atoms with van der Waals surface area (Å²) in [6.45, 7) is 0.197. The Morgan fingerprint density at radius 2 is 1.27 bits per heavy atom. The highest BCUT2D eigenvalue weighted by Crippen LogP contribution is 2.40. The summed E-state index contributed by atoms with van der Waals surface area (Å²) in [7, 11) is 1.62. The van der Waals surface area contributed by atoms with E-state index < -0.39 is 5.60 Å². The number of nitrogens with one attached hydrogen (secondary N) is 2. The van der Waals surface area contributed by atoms with Crippen molar-refractivity contribution in [2.24, 2.45) is 0 Å². The monoisotopic (exact) mass is 510 g/mol. The first kappa shape index (κ1) is 26.2. The Balaban J connectivity index is 1.63. The number of likely N-dealkylation sites (N-methyl/N-ethyl adjacent to an activating group) is 1. The van der Waals surface area contributed by atoms with E-state index in [4.69, 9.17) is 16.3 Å². The van der Waals surface area contributed by atoms with Gasteiger partial charge in [-0.1, -0.05) is 115 Å². The third kappa shape index (κ3) is 6.67. The molecule has 0 radical (unpaired) electrons. The number of allylic oxidation sites excluding steroid dienone is 1. The normalized spacial score (nSPS) is 11.7. The van der Waals surface area contributed by atoms with Crippen molar-refractivity contribution in [2.75, 3.05) is 13.8 Å². The second-order valence-corrected chi connectivity index (χ2v) is 9.09. The molecule has 0 bridgehead atoms. The van der Waals surface area contributed by atoms with E-state index in [2.05, 4.69) is 47.0 Å². The summed E-state index contributed by atoms with van der Waals surface area (Å²) in [6, 6.07) is 38.4. The molecule has 0 aliphatic carbocycles. The van der Waals surface area contributed by atoms with Crippen LogP contribution in [0.3, 0.4) is 0 Å². The quantitative estimate of drug-likeness (QED) is 0.138. The fraction of sp³-hybridized carbons (Fsp3) is 0.156. The maximum atomic E-state index is 12.2.